The van der Waals surface area contributed by atoms with Crippen molar-refractivity contribution in [1.29, 1.82) is 0 Å². The minimum Gasteiger partial charge on any atom is -0.460 e. The van der Waals surface area contributed by atoms with Crippen molar-refractivity contribution >= 4 is 28.5 Å². The normalized spacial score (nSPS) is 15.0. The number of fused-ring (bicyclic) bond motifs is 2. The van der Waals surface area contributed by atoms with E-state index in [0.717, 1.165) is 18.4 Å². The van der Waals surface area contributed by atoms with Crippen LogP contribution in [-0.4, -0.2) is 16.8 Å². The van der Waals surface area contributed by atoms with Gasteiger partial charge < -0.3 is 15.1 Å². The van der Waals surface area contributed by atoms with E-state index >= 15 is 0 Å². The number of pyridine rings is 1. The van der Waals surface area contributed by atoms with E-state index in [1.54, 1.807) is 0 Å². The zero-order valence-electron chi connectivity index (χ0n) is 15.9. The summed E-state index contributed by atoms with van der Waals surface area (Å²) in [4.78, 5) is 29.2. The number of carbonyl (C=O) groups is 2. The van der Waals surface area contributed by atoms with E-state index in [-0.39, 0.29) is 39.0 Å². The van der Waals surface area contributed by atoms with Crippen LogP contribution in [0.2, 0.25) is 0 Å². The second kappa shape index (κ2) is 7.19. The molecule has 0 saturated carbocycles. The lowest BCUT2D eigenvalue weighted by molar-refractivity contribution is 0.0955. The van der Waals surface area contributed by atoms with Gasteiger partial charge in [0, 0.05) is 28.8 Å². The lowest BCUT2D eigenvalue weighted by Gasteiger charge is -2.16. The van der Waals surface area contributed by atoms with Crippen LogP contribution in [0.4, 0.5) is 23.2 Å². The Morgan fingerprint density at radius 3 is 2.72 bits per heavy atom. The van der Waals surface area contributed by atoms with Gasteiger partial charge in [0.2, 0.25) is 0 Å². The molecule has 160 valence electrons. The second-order valence-electron chi connectivity index (χ2n) is 7.04. The van der Waals surface area contributed by atoms with E-state index < -0.39 is 41.1 Å². The van der Waals surface area contributed by atoms with Gasteiger partial charge in [0.1, 0.15) is 17.8 Å². The molecule has 0 bridgehead atoms. The van der Waals surface area contributed by atoms with E-state index in [2.05, 4.69) is 15.6 Å². The highest BCUT2D eigenvalue weighted by Crippen LogP contribution is 2.37. The molecule has 1 atom stereocenters. The number of aromatic nitrogens is 1. The standard InChI is InChI=1S/C22H11F4N3O3/c23-9-6-11-12(8-32-20(11)14(25)7-9)21(30)28-15-4-5-27-19-16(15)18(29-22(19)31)10-2-1-3-13(24)17(10)26/h1-8,18H,(H,29,31)(H,27,28,30). The third-order valence-electron chi connectivity index (χ3n) is 5.15. The summed E-state index contributed by atoms with van der Waals surface area (Å²) in [6.45, 7) is 0. The van der Waals surface area contributed by atoms with E-state index in [9.17, 15) is 27.2 Å². The predicted molar refractivity (Wildman–Crippen MR) is 104 cm³/mol. The van der Waals surface area contributed by atoms with Crippen molar-refractivity contribution in [1.82, 2.24) is 10.3 Å². The van der Waals surface area contributed by atoms with E-state index in [4.69, 9.17) is 4.42 Å². The zero-order valence-corrected chi connectivity index (χ0v) is 15.9. The fourth-order valence-electron chi connectivity index (χ4n) is 3.73. The van der Waals surface area contributed by atoms with Crippen LogP contribution in [0.3, 0.4) is 0 Å². The zero-order chi connectivity index (χ0) is 22.6. The van der Waals surface area contributed by atoms with Crippen LogP contribution in [0, 0.1) is 23.3 Å². The largest absolute Gasteiger partial charge is 0.460 e. The van der Waals surface area contributed by atoms with E-state index in [0.29, 0.717) is 6.07 Å². The molecule has 2 aromatic heterocycles. The van der Waals surface area contributed by atoms with Gasteiger partial charge in [0.05, 0.1) is 17.3 Å². The molecule has 0 aliphatic carbocycles. The molecule has 10 heteroatoms. The van der Waals surface area contributed by atoms with Gasteiger partial charge in [-0.1, -0.05) is 12.1 Å². The summed E-state index contributed by atoms with van der Waals surface area (Å²) < 4.78 is 60.8. The van der Waals surface area contributed by atoms with Crippen LogP contribution in [0.1, 0.15) is 38.0 Å². The van der Waals surface area contributed by atoms with Gasteiger partial charge in [-0.2, -0.15) is 0 Å². The number of hydrogen-bond acceptors (Lipinski definition) is 4. The van der Waals surface area contributed by atoms with Gasteiger partial charge in [0.15, 0.2) is 23.0 Å². The number of benzene rings is 2. The Balaban J connectivity index is 1.58. The summed E-state index contributed by atoms with van der Waals surface area (Å²) in [5.41, 5.74) is -0.481. The molecule has 0 saturated heterocycles. The van der Waals surface area contributed by atoms with Gasteiger partial charge in [-0.3, -0.25) is 14.6 Å². The number of halogens is 4. The number of rotatable bonds is 3. The monoisotopic (exact) mass is 441 g/mol. The van der Waals surface area contributed by atoms with Crippen molar-refractivity contribution < 1.29 is 31.6 Å². The maximum Gasteiger partial charge on any atom is 0.271 e. The third-order valence-corrected chi connectivity index (χ3v) is 5.15. The van der Waals surface area contributed by atoms with Crippen LogP contribution >= 0.6 is 0 Å². The van der Waals surface area contributed by atoms with E-state index in [1.165, 1.54) is 24.4 Å². The molecule has 6 nitrogen and oxygen atoms in total. The Morgan fingerprint density at radius 2 is 1.91 bits per heavy atom. The van der Waals surface area contributed by atoms with Crippen molar-refractivity contribution in [2.45, 2.75) is 6.04 Å². The number of nitrogens with one attached hydrogen (secondary N) is 2. The molecule has 0 fully saturated rings. The summed E-state index contributed by atoms with van der Waals surface area (Å²) in [7, 11) is 0. The quantitative estimate of drug-likeness (QED) is 0.460. The molecule has 32 heavy (non-hydrogen) atoms. The maximum atomic E-state index is 14.4. The summed E-state index contributed by atoms with van der Waals surface area (Å²) in [6.07, 6.45) is 2.22. The molecule has 1 unspecified atom stereocenters. The molecular formula is C22H11F4N3O3. The molecule has 4 aromatic rings. The molecule has 2 aromatic carbocycles. The molecule has 2 N–H and O–H groups in total. The number of hydrogen-bond donors (Lipinski definition) is 2. The number of carbonyl (C=O) groups excluding carboxylic acids is 2. The SMILES string of the molecule is O=C1NC(c2cccc(F)c2F)c2c(NC(=O)c3coc4c(F)cc(F)cc34)ccnc21. The smallest absolute Gasteiger partial charge is 0.271 e. The first kappa shape index (κ1) is 19.7. The van der Waals surface area contributed by atoms with Gasteiger partial charge in [0.25, 0.3) is 11.8 Å². The lowest BCUT2D eigenvalue weighted by Crippen LogP contribution is -2.22. The summed E-state index contributed by atoms with van der Waals surface area (Å²) in [5.74, 6) is -5.55. The number of amides is 2. The van der Waals surface area contributed by atoms with Crippen LogP contribution in [0.5, 0.6) is 0 Å². The predicted octanol–water partition coefficient (Wildman–Crippen LogP) is 4.47. The molecule has 3 heterocycles. The number of nitrogens with zero attached hydrogens (tertiary/aromatic N) is 1. The number of anilines is 1. The van der Waals surface area contributed by atoms with Crippen molar-refractivity contribution in [3.05, 3.63) is 94.5 Å². The molecule has 1 aliphatic rings. The van der Waals surface area contributed by atoms with Crippen LogP contribution in [-0.2, 0) is 0 Å². The first-order chi connectivity index (χ1) is 15.3. The molecule has 0 spiro atoms. The number of furan rings is 1. The second-order valence-corrected chi connectivity index (χ2v) is 7.04. The topological polar surface area (TPSA) is 84.2 Å². The van der Waals surface area contributed by atoms with E-state index in [1.807, 2.05) is 0 Å². The fourth-order valence-corrected chi connectivity index (χ4v) is 3.73. The van der Waals surface area contributed by atoms with Crippen LogP contribution < -0.4 is 10.6 Å². The third kappa shape index (κ3) is 2.99. The maximum absolute atomic E-state index is 14.4. The van der Waals surface area contributed by atoms with Crippen LogP contribution in [0.15, 0.2) is 53.3 Å². The average molecular weight is 441 g/mol. The van der Waals surface area contributed by atoms with Gasteiger partial charge >= 0.3 is 0 Å². The van der Waals surface area contributed by atoms with Crippen molar-refractivity contribution in [2.24, 2.45) is 0 Å². The Labute approximate surface area is 176 Å². The molecule has 2 amide bonds. The first-order valence-corrected chi connectivity index (χ1v) is 9.26. The Kier molecular flexibility index (Phi) is 4.43. The summed E-state index contributed by atoms with van der Waals surface area (Å²) >= 11 is 0. The highest BCUT2D eigenvalue weighted by Gasteiger charge is 2.36. The summed E-state index contributed by atoms with van der Waals surface area (Å²) in [5, 5.41) is 4.97. The van der Waals surface area contributed by atoms with Crippen molar-refractivity contribution in [3.8, 4) is 0 Å². The van der Waals surface area contributed by atoms with Gasteiger partial charge in [-0.25, -0.2) is 17.6 Å². The molecule has 1 aliphatic heterocycles. The first-order valence-electron chi connectivity index (χ1n) is 9.26. The Morgan fingerprint density at radius 1 is 1.09 bits per heavy atom. The molecule has 0 radical (unpaired) electrons. The van der Waals surface area contributed by atoms with Crippen molar-refractivity contribution in [3.63, 3.8) is 0 Å². The lowest BCUT2D eigenvalue weighted by atomic mass is 9.98. The molecule has 5 rings (SSSR count). The Hall–Kier alpha value is -4.21. The van der Waals surface area contributed by atoms with Gasteiger partial charge in [-0.05, 0) is 18.2 Å². The average Bonchev–Trinajstić information content (AvgIpc) is 3.32. The minimum atomic E-state index is -1.15. The minimum absolute atomic E-state index is 0.0781. The Bertz CT molecular complexity index is 1430. The van der Waals surface area contributed by atoms with Gasteiger partial charge in [-0.15, -0.1) is 0 Å². The fraction of sp³-hybridized carbons (Fsp3) is 0.0455. The highest BCUT2D eigenvalue weighted by molar-refractivity contribution is 6.13. The highest BCUT2D eigenvalue weighted by atomic mass is 19.2. The summed E-state index contributed by atoms with van der Waals surface area (Å²) in [6, 6.07) is 5.34. The molecular weight excluding hydrogens is 430 g/mol. The van der Waals surface area contributed by atoms with Crippen molar-refractivity contribution in [2.75, 3.05) is 5.32 Å². The van der Waals surface area contributed by atoms with Crippen LogP contribution in [0.25, 0.3) is 11.0 Å².